The fourth-order valence-corrected chi connectivity index (χ4v) is 2.68. The predicted octanol–water partition coefficient (Wildman–Crippen LogP) is 4.68. The Balaban J connectivity index is 0.00000176. The first-order chi connectivity index (χ1) is 10.2. The van der Waals surface area contributed by atoms with Gasteiger partial charge < -0.3 is 10.7 Å². The van der Waals surface area contributed by atoms with Gasteiger partial charge in [0.15, 0.2) is 0 Å². The molecule has 2 nitrogen and oxygen atoms in total. The van der Waals surface area contributed by atoms with E-state index in [4.69, 9.17) is 5.73 Å². The first kappa shape index (κ1) is 16.5. The van der Waals surface area contributed by atoms with Gasteiger partial charge in [-0.1, -0.05) is 25.1 Å². The molecule has 2 aromatic carbocycles. The van der Waals surface area contributed by atoms with E-state index in [9.17, 15) is 4.39 Å². The first-order valence-corrected chi connectivity index (χ1v) is 7.30. The lowest BCUT2D eigenvalue weighted by atomic mass is 9.98. The van der Waals surface area contributed by atoms with Gasteiger partial charge in [-0.2, -0.15) is 0 Å². The SMILES string of the molecule is CCC(N)Cc1c(-c2ccc(F)cc2)[nH]c2ccccc12.Cl. The summed E-state index contributed by atoms with van der Waals surface area (Å²) < 4.78 is 13.1. The van der Waals surface area contributed by atoms with E-state index in [0.717, 1.165) is 29.6 Å². The van der Waals surface area contributed by atoms with Crippen molar-refractivity contribution in [1.29, 1.82) is 0 Å². The Hall–Kier alpha value is -1.84. The lowest BCUT2D eigenvalue weighted by Gasteiger charge is -2.10. The maximum absolute atomic E-state index is 13.1. The van der Waals surface area contributed by atoms with E-state index in [1.807, 2.05) is 12.1 Å². The Labute approximate surface area is 135 Å². The van der Waals surface area contributed by atoms with Crippen molar-refractivity contribution >= 4 is 23.3 Å². The highest BCUT2D eigenvalue weighted by molar-refractivity contribution is 5.90. The second-order valence-corrected chi connectivity index (χ2v) is 5.40. The summed E-state index contributed by atoms with van der Waals surface area (Å²) in [6.45, 7) is 2.09. The summed E-state index contributed by atoms with van der Waals surface area (Å²) in [6.07, 6.45) is 1.75. The average molecular weight is 319 g/mol. The third kappa shape index (κ3) is 3.16. The number of nitrogens with one attached hydrogen (secondary N) is 1. The number of rotatable bonds is 4. The van der Waals surface area contributed by atoms with Crippen LogP contribution in [0.3, 0.4) is 0 Å². The van der Waals surface area contributed by atoms with Crippen LogP contribution in [0.5, 0.6) is 0 Å². The minimum absolute atomic E-state index is 0. The van der Waals surface area contributed by atoms with Gasteiger partial charge in [0.25, 0.3) is 0 Å². The molecule has 0 fully saturated rings. The summed E-state index contributed by atoms with van der Waals surface area (Å²) in [5, 5.41) is 1.20. The number of aromatic nitrogens is 1. The largest absolute Gasteiger partial charge is 0.354 e. The molecule has 0 amide bonds. The number of fused-ring (bicyclic) bond motifs is 1. The van der Waals surface area contributed by atoms with Crippen LogP contribution in [0.25, 0.3) is 22.2 Å². The highest BCUT2D eigenvalue weighted by Crippen LogP contribution is 2.31. The fraction of sp³-hybridized carbons (Fsp3) is 0.222. The third-order valence-corrected chi connectivity index (χ3v) is 3.94. The van der Waals surface area contributed by atoms with Crippen LogP contribution < -0.4 is 5.73 Å². The summed E-state index contributed by atoms with van der Waals surface area (Å²) in [5.74, 6) is -0.221. The Morgan fingerprint density at radius 2 is 1.77 bits per heavy atom. The lowest BCUT2D eigenvalue weighted by Crippen LogP contribution is -2.21. The molecule has 0 bridgehead atoms. The Bertz CT molecular complexity index is 749. The Morgan fingerprint density at radius 1 is 1.09 bits per heavy atom. The summed E-state index contributed by atoms with van der Waals surface area (Å²) in [7, 11) is 0. The highest BCUT2D eigenvalue weighted by Gasteiger charge is 2.15. The molecule has 3 rings (SSSR count). The standard InChI is InChI=1S/C18H19FN2.ClH/c1-2-14(20)11-16-15-5-3-4-6-17(15)21-18(16)12-7-9-13(19)10-8-12;/h3-10,14,21H,2,11,20H2,1H3;1H. The Kier molecular flexibility index (Phi) is 5.22. The molecular weight excluding hydrogens is 299 g/mol. The minimum Gasteiger partial charge on any atom is -0.354 e. The van der Waals surface area contributed by atoms with Crippen LogP contribution in [0.15, 0.2) is 48.5 Å². The normalized spacial score (nSPS) is 12.1. The zero-order chi connectivity index (χ0) is 14.8. The first-order valence-electron chi connectivity index (χ1n) is 7.30. The summed E-state index contributed by atoms with van der Waals surface area (Å²) >= 11 is 0. The molecule has 22 heavy (non-hydrogen) atoms. The quantitative estimate of drug-likeness (QED) is 0.721. The second kappa shape index (κ2) is 6.95. The van der Waals surface area contributed by atoms with E-state index in [-0.39, 0.29) is 24.3 Å². The molecule has 0 aliphatic carbocycles. The number of benzene rings is 2. The number of aromatic amines is 1. The van der Waals surface area contributed by atoms with Crippen LogP contribution in [0, 0.1) is 5.82 Å². The van der Waals surface area contributed by atoms with Crippen LogP contribution >= 0.6 is 12.4 Å². The predicted molar refractivity (Wildman–Crippen MR) is 92.9 cm³/mol. The number of halogens is 2. The Morgan fingerprint density at radius 3 is 2.45 bits per heavy atom. The molecule has 0 saturated heterocycles. The van der Waals surface area contributed by atoms with Crippen LogP contribution in [0.2, 0.25) is 0 Å². The van der Waals surface area contributed by atoms with Crippen molar-refractivity contribution in [3.05, 3.63) is 59.9 Å². The van der Waals surface area contributed by atoms with Crippen LogP contribution in [-0.2, 0) is 6.42 Å². The van der Waals surface area contributed by atoms with E-state index in [1.54, 1.807) is 12.1 Å². The van der Waals surface area contributed by atoms with E-state index in [1.165, 1.54) is 23.1 Å². The number of nitrogens with two attached hydrogens (primary N) is 1. The van der Waals surface area contributed by atoms with Crippen molar-refractivity contribution < 1.29 is 4.39 Å². The van der Waals surface area contributed by atoms with Gasteiger partial charge >= 0.3 is 0 Å². The molecule has 4 heteroatoms. The summed E-state index contributed by atoms with van der Waals surface area (Å²) in [4.78, 5) is 3.45. The molecular formula is C18H20ClFN2. The third-order valence-electron chi connectivity index (χ3n) is 3.94. The van der Waals surface area contributed by atoms with E-state index in [0.29, 0.717) is 0 Å². The lowest BCUT2D eigenvalue weighted by molar-refractivity contribution is 0.628. The van der Waals surface area contributed by atoms with Gasteiger partial charge in [-0.05, 0) is 54.3 Å². The van der Waals surface area contributed by atoms with Gasteiger partial charge in [-0.15, -0.1) is 12.4 Å². The van der Waals surface area contributed by atoms with Crippen molar-refractivity contribution in [2.24, 2.45) is 5.73 Å². The van der Waals surface area contributed by atoms with Crippen molar-refractivity contribution in [2.75, 3.05) is 0 Å². The van der Waals surface area contributed by atoms with Gasteiger partial charge in [-0.3, -0.25) is 0 Å². The topological polar surface area (TPSA) is 41.8 Å². The van der Waals surface area contributed by atoms with Crippen LogP contribution in [0.4, 0.5) is 4.39 Å². The number of para-hydroxylation sites is 1. The van der Waals surface area contributed by atoms with Crippen LogP contribution in [0.1, 0.15) is 18.9 Å². The molecule has 0 aliphatic rings. The molecule has 1 heterocycles. The number of hydrogen-bond donors (Lipinski definition) is 2. The maximum Gasteiger partial charge on any atom is 0.123 e. The molecule has 0 spiro atoms. The van der Waals surface area contributed by atoms with Crippen molar-refractivity contribution in [3.8, 4) is 11.3 Å². The molecule has 0 saturated carbocycles. The van der Waals surface area contributed by atoms with Gasteiger partial charge in [0.05, 0.1) is 0 Å². The van der Waals surface area contributed by atoms with E-state index < -0.39 is 0 Å². The van der Waals surface area contributed by atoms with Gasteiger partial charge in [0.1, 0.15) is 5.82 Å². The van der Waals surface area contributed by atoms with Crippen molar-refractivity contribution in [3.63, 3.8) is 0 Å². The second-order valence-electron chi connectivity index (χ2n) is 5.40. The smallest absolute Gasteiger partial charge is 0.123 e. The molecule has 116 valence electrons. The molecule has 1 unspecified atom stereocenters. The molecule has 1 aromatic heterocycles. The van der Waals surface area contributed by atoms with Gasteiger partial charge in [0.2, 0.25) is 0 Å². The average Bonchev–Trinajstić information content (AvgIpc) is 2.87. The molecule has 3 N–H and O–H groups in total. The molecule has 0 radical (unpaired) electrons. The zero-order valence-electron chi connectivity index (χ0n) is 12.5. The van der Waals surface area contributed by atoms with E-state index in [2.05, 4.69) is 24.0 Å². The summed E-state index contributed by atoms with van der Waals surface area (Å²) in [6, 6.07) is 14.9. The zero-order valence-corrected chi connectivity index (χ0v) is 13.3. The van der Waals surface area contributed by atoms with Gasteiger partial charge in [-0.25, -0.2) is 4.39 Å². The maximum atomic E-state index is 13.1. The molecule has 3 aromatic rings. The van der Waals surface area contributed by atoms with Crippen molar-refractivity contribution in [1.82, 2.24) is 4.98 Å². The fourth-order valence-electron chi connectivity index (χ4n) is 2.68. The monoisotopic (exact) mass is 318 g/mol. The minimum atomic E-state index is -0.221. The highest BCUT2D eigenvalue weighted by atomic mass is 35.5. The van der Waals surface area contributed by atoms with Gasteiger partial charge in [0, 0.05) is 22.6 Å². The number of hydrogen-bond acceptors (Lipinski definition) is 1. The summed E-state index contributed by atoms with van der Waals surface area (Å²) in [5.41, 5.74) is 10.5. The van der Waals surface area contributed by atoms with Crippen molar-refractivity contribution in [2.45, 2.75) is 25.8 Å². The molecule has 0 aliphatic heterocycles. The van der Waals surface area contributed by atoms with Crippen LogP contribution in [-0.4, -0.2) is 11.0 Å². The number of H-pyrrole nitrogens is 1. The van der Waals surface area contributed by atoms with E-state index >= 15 is 0 Å². The molecule has 1 atom stereocenters.